The van der Waals surface area contributed by atoms with Crippen LogP contribution in [0.2, 0.25) is 0 Å². The molecule has 0 saturated carbocycles. The van der Waals surface area contributed by atoms with Crippen molar-refractivity contribution in [2.75, 3.05) is 0 Å². The van der Waals surface area contributed by atoms with E-state index in [4.69, 9.17) is 18.0 Å². The van der Waals surface area contributed by atoms with E-state index in [1.807, 2.05) is 11.6 Å². The third-order valence-electron chi connectivity index (χ3n) is 3.51. The second-order valence-corrected chi connectivity index (χ2v) is 5.28. The normalized spacial score (nSPS) is 10.8. The smallest absolute Gasteiger partial charge is 0.133 e. The van der Waals surface area contributed by atoms with Crippen molar-refractivity contribution in [3.05, 3.63) is 52.1 Å². The maximum Gasteiger partial charge on any atom is 0.133 e. The molecule has 0 saturated heterocycles. The number of aromatic nitrogens is 2. The largest absolute Gasteiger partial charge is 0.389 e. The topological polar surface area (TPSA) is 43.8 Å². The van der Waals surface area contributed by atoms with Gasteiger partial charge < -0.3 is 5.73 Å². The SMILES string of the molecule is CCc1c(C)nn(Cc2ccc(F)c(C(N)=S)c2)c1C. The van der Waals surface area contributed by atoms with Gasteiger partial charge in [0.25, 0.3) is 0 Å². The monoisotopic (exact) mass is 291 g/mol. The standard InChI is InChI=1S/C15H18FN3S/c1-4-12-9(2)18-19(10(12)3)8-11-5-6-14(16)13(7-11)15(17)20/h5-7H,4,8H2,1-3H3,(H2,17,20). The Morgan fingerprint density at radius 3 is 2.65 bits per heavy atom. The number of hydrogen-bond donors (Lipinski definition) is 1. The van der Waals surface area contributed by atoms with Crippen LogP contribution >= 0.6 is 12.2 Å². The first-order chi connectivity index (χ1) is 9.43. The summed E-state index contributed by atoms with van der Waals surface area (Å²) in [4.78, 5) is 0.0759. The van der Waals surface area contributed by atoms with Crippen LogP contribution in [0.3, 0.4) is 0 Å². The van der Waals surface area contributed by atoms with Gasteiger partial charge in [0, 0.05) is 11.3 Å². The van der Waals surface area contributed by atoms with Gasteiger partial charge in [0.05, 0.1) is 12.2 Å². The molecule has 0 spiro atoms. The molecule has 0 atom stereocenters. The summed E-state index contributed by atoms with van der Waals surface area (Å²) in [5.74, 6) is -0.385. The molecule has 0 fully saturated rings. The van der Waals surface area contributed by atoms with Crippen molar-refractivity contribution in [2.45, 2.75) is 33.7 Å². The number of halogens is 1. The number of benzene rings is 1. The molecule has 0 aliphatic rings. The van der Waals surface area contributed by atoms with Gasteiger partial charge in [-0.1, -0.05) is 25.2 Å². The van der Waals surface area contributed by atoms with E-state index in [0.29, 0.717) is 6.54 Å². The number of nitrogens with zero attached hydrogens (tertiary/aromatic N) is 2. The first kappa shape index (κ1) is 14.7. The summed E-state index contributed by atoms with van der Waals surface area (Å²) in [6, 6.07) is 4.83. The molecule has 20 heavy (non-hydrogen) atoms. The van der Waals surface area contributed by atoms with E-state index in [-0.39, 0.29) is 16.4 Å². The second-order valence-electron chi connectivity index (χ2n) is 4.84. The van der Waals surface area contributed by atoms with E-state index in [9.17, 15) is 4.39 Å². The van der Waals surface area contributed by atoms with Gasteiger partial charge in [-0.3, -0.25) is 4.68 Å². The number of nitrogens with two attached hydrogens (primary N) is 1. The van der Waals surface area contributed by atoms with E-state index in [0.717, 1.165) is 23.4 Å². The molecule has 0 bridgehead atoms. The molecule has 1 heterocycles. The lowest BCUT2D eigenvalue weighted by Crippen LogP contribution is -2.13. The van der Waals surface area contributed by atoms with Crippen molar-refractivity contribution < 1.29 is 4.39 Å². The minimum Gasteiger partial charge on any atom is -0.389 e. The molecule has 2 aromatic rings. The van der Waals surface area contributed by atoms with Gasteiger partial charge in [0.1, 0.15) is 10.8 Å². The van der Waals surface area contributed by atoms with E-state index in [1.54, 1.807) is 12.1 Å². The van der Waals surface area contributed by atoms with Gasteiger partial charge in [0.15, 0.2) is 0 Å². The number of hydrogen-bond acceptors (Lipinski definition) is 2. The molecule has 3 nitrogen and oxygen atoms in total. The van der Waals surface area contributed by atoms with Gasteiger partial charge >= 0.3 is 0 Å². The molecule has 0 amide bonds. The fraction of sp³-hybridized carbons (Fsp3) is 0.333. The molecule has 2 rings (SSSR count). The summed E-state index contributed by atoms with van der Waals surface area (Å²) in [5, 5.41) is 4.53. The lowest BCUT2D eigenvalue weighted by molar-refractivity contribution is 0.620. The van der Waals surface area contributed by atoms with Crippen molar-refractivity contribution in [2.24, 2.45) is 5.73 Å². The highest BCUT2D eigenvalue weighted by Gasteiger charge is 2.11. The van der Waals surface area contributed by atoms with Gasteiger partial charge in [-0.25, -0.2) is 4.39 Å². The minimum absolute atomic E-state index is 0.0759. The number of thiocarbonyl (C=S) groups is 1. The van der Waals surface area contributed by atoms with E-state index in [2.05, 4.69) is 18.9 Å². The summed E-state index contributed by atoms with van der Waals surface area (Å²) >= 11 is 4.86. The maximum absolute atomic E-state index is 13.6. The lowest BCUT2D eigenvalue weighted by atomic mass is 10.1. The van der Waals surface area contributed by atoms with Gasteiger partial charge in [-0.2, -0.15) is 5.10 Å². The van der Waals surface area contributed by atoms with Crippen LogP contribution in [0, 0.1) is 19.7 Å². The second kappa shape index (κ2) is 5.71. The molecule has 2 N–H and O–H groups in total. The van der Waals surface area contributed by atoms with Gasteiger partial charge in [-0.15, -0.1) is 0 Å². The zero-order valence-corrected chi connectivity index (χ0v) is 12.7. The van der Waals surface area contributed by atoms with Crippen molar-refractivity contribution in [3.63, 3.8) is 0 Å². The molecule has 0 aliphatic heterocycles. The number of rotatable bonds is 4. The highest BCUT2D eigenvalue weighted by Crippen LogP contribution is 2.17. The van der Waals surface area contributed by atoms with Gasteiger partial charge in [-0.05, 0) is 43.5 Å². The summed E-state index contributed by atoms with van der Waals surface area (Å²) in [7, 11) is 0. The molecule has 5 heteroatoms. The lowest BCUT2D eigenvalue weighted by Gasteiger charge is -2.08. The Hall–Kier alpha value is -1.75. The molecule has 1 aromatic carbocycles. The Bertz CT molecular complexity index is 661. The van der Waals surface area contributed by atoms with Crippen LogP contribution in [0.5, 0.6) is 0 Å². The van der Waals surface area contributed by atoms with Crippen molar-refractivity contribution >= 4 is 17.2 Å². The fourth-order valence-corrected chi connectivity index (χ4v) is 2.59. The Morgan fingerprint density at radius 2 is 2.10 bits per heavy atom. The average molecular weight is 291 g/mol. The third-order valence-corrected chi connectivity index (χ3v) is 3.73. The Balaban J connectivity index is 2.35. The van der Waals surface area contributed by atoms with E-state index < -0.39 is 0 Å². The Morgan fingerprint density at radius 1 is 1.40 bits per heavy atom. The Labute approximate surface area is 123 Å². The summed E-state index contributed by atoms with van der Waals surface area (Å²) in [5.41, 5.74) is 10.2. The van der Waals surface area contributed by atoms with Crippen LogP contribution in [-0.4, -0.2) is 14.8 Å². The Kier molecular flexibility index (Phi) is 4.18. The molecule has 0 radical (unpaired) electrons. The summed E-state index contributed by atoms with van der Waals surface area (Å²) in [6.45, 7) is 6.76. The van der Waals surface area contributed by atoms with Crippen LogP contribution in [0.15, 0.2) is 18.2 Å². The van der Waals surface area contributed by atoms with Crippen LogP contribution in [0.25, 0.3) is 0 Å². The summed E-state index contributed by atoms with van der Waals surface area (Å²) < 4.78 is 15.5. The zero-order valence-electron chi connectivity index (χ0n) is 11.9. The van der Waals surface area contributed by atoms with E-state index >= 15 is 0 Å². The highest BCUT2D eigenvalue weighted by atomic mass is 32.1. The van der Waals surface area contributed by atoms with Crippen LogP contribution in [0.1, 0.15) is 35.0 Å². The number of aryl methyl sites for hydroxylation is 1. The maximum atomic E-state index is 13.6. The molecule has 0 unspecified atom stereocenters. The molecule has 106 valence electrons. The van der Waals surface area contributed by atoms with Crippen LogP contribution < -0.4 is 5.73 Å². The molecule has 0 aliphatic carbocycles. The molecular weight excluding hydrogens is 273 g/mol. The van der Waals surface area contributed by atoms with Crippen molar-refractivity contribution in [1.82, 2.24) is 9.78 Å². The third kappa shape index (κ3) is 2.72. The van der Waals surface area contributed by atoms with Crippen LogP contribution in [0.4, 0.5) is 4.39 Å². The summed E-state index contributed by atoms with van der Waals surface area (Å²) in [6.07, 6.45) is 0.958. The molecule has 1 aromatic heterocycles. The van der Waals surface area contributed by atoms with E-state index in [1.165, 1.54) is 11.6 Å². The fourth-order valence-electron chi connectivity index (χ4n) is 2.43. The average Bonchev–Trinajstić information content (AvgIpc) is 2.66. The van der Waals surface area contributed by atoms with Crippen molar-refractivity contribution in [1.29, 1.82) is 0 Å². The first-order valence-electron chi connectivity index (χ1n) is 6.55. The molecular formula is C15H18FN3S. The highest BCUT2D eigenvalue weighted by molar-refractivity contribution is 7.80. The predicted molar refractivity (Wildman–Crippen MR) is 82.5 cm³/mol. The first-order valence-corrected chi connectivity index (χ1v) is 6.96. The predicted octanol–water partition coefficient (Wildman–Crippen LogP) is 2.88. The van der Waals surface area contributed by atoms with Crippen LogP contribution in [-0.2, 0) is 13.0 Å². The zero-order chi connectivity index (χ0) is 14.9. The minimum atomic E-state index is -0.385. The van der Waals surface area contributed by atoms with Crippen molar-refractivity contribution in [3.8, 4) is 0 Å². The quantitative estimate of drug-likeness (QED) is 0.881. The van der Waals surface area contributed by atoms with Gasteiger partial charge in [0.2, 0.25) is 0 Å².